The van der Waals surface area contributed by atoms with Gasteiger partial charge in [0, 0.05) is 6.04 Å². The number of aryl methyl sites for hydroxylation is 1. The van der Waals surface area contributed by atoms with Crippen LogP contribution in [0.5, 0.6) is 5.75 Å². The minimum absolute atomic E-state index is 0.722. The predicted molar refractivity (Wildman–Crippen MR) is 85.4 cm³/mol. The van der Waals surface area contributed by atoms with Crippen LogP contribution in [0.1, 0.15) is 51.5 Å². The van der Waals surface area contributed by atoms with Crippen molar-refractivity contribution in [3.05, 3.63) is 29.8 Å². The highest BCUT2D eigenvalue weighted by atomic mass is 16.5. The summed E-state index contributed by atoms with van der Waals surface area (Å²) >= 11 is 0. The summed E-state index contributed by atoms with van der Waals surface area (Å²) < 4.78 is 6.01. The van der Waals surface area contributed by atoms with Crippen molar-refractivity contribution in [2.75, 3.05) is 13.2 Å². The molecule has 0 aromatic heterocycles. The molecular weight excluding hydrogens is 246 g/mol. The average molecular weight is 275 g/mol. The fourth-order valence-corrected chi connectivity index (χ4v) is 3.24. The standard InChI is InChI=1S/C18H29NO/c1-3-13-19-17-10-7-9-16(17)12-14-20-18-11-6-5-8-15(18)4-2/h5-6,8,11,16-17,19H,3-4,7,9-10,12-14H2,1-2H3. The highest BCUT2D eigenvalue weighted by molar-refractivity contribution is 5.33. The van der Waals surface area contributed by atoms with Crippen LogP contribution < -0.4 is 10.1 Å². The Morgan fingerprint density at radius 1 is 1.20 bits per heavy atom. The second kappa shape index (κ2) is 8.31. The molecule has 0 heterocycles. The number of rotatable bonds is 8. The summed E-state index contributed by atoms with van der Waals surface area (Å²) in [6.45, 7) is 6.43. The van der Waals surface area contributed by atoms with Gasteiger partial charge in [0.25, 0.3) is 0 Å². The summed E-state index contributed by atoms with van der Waals surface area (Å²) in [6, 6.07) is 9.14. The van der Waals surface area contributed by atoms with Gasteiger partial charge in [0.15, 0.2) is 0 Å². The summed E-state index contributed by atoms with van der Waals surface area (Å²) in [5.74, 6) is 1.88. The molecule has 0 radical (unpaired) electrons. The monoisotopic (exact) mass is 275 g/mol. The molecule has 0 saturated heterocycles. The molecule has 1 aliphatic rings. The van der Waals surface area contributed by atoms with Gasteiger partial charge >= 0.3 is 0 Å². The van der Waals surface area contributed by atoms with Crippen molar-refractivity contribution in [1.29, 1.82) is 0 Å². The Morgan fingerprint density at radius 2 is 2.05 bits per heavy atom. The van der Waals surface area contributed by atoms with Gasteiger partial charge < -0.3 is 10.1 Å². The number of benzene rings is 1. The van der Waals surface area contributed by atoms with Crippen molar-refractivity contribution >= 4 is 0 Å². The fourth-order valence-electron chi connectivity index (χ4n) is 3.24. The molecule has 112 valence electrons. The predicted octanol–water partition coefficient (Wildman–Crippen LogP) is 4.19. The van der Waals surface area contributed by atoms with E-state index >= 15 is 0 Å². The lowest BCUT2D eigenvalue weighted by molar-refractivity contribution is 0.258. The van der Waals surface area contributed by atoms with Gasteiger partial charge in [0.2, 0.25) is 0 Å². The van der Waals surface area contributed by atoms with E-state index in [1.165, 1.54) is 37.7 Å². The van der Waals surface area contributed by atoms with E-state index in [0.29, 0.717) is 0 Å². The lowest BCUT2D eigenvalue weighted by Gasteiger charge is -2.21. The normalized spacial score (nSPS) is 22.1. The number of hydrogen-bond donors (Lipinski definition) is 1. The molecule has 2 unspecified atom stereocenters. The van der Waals surface area contributed by atoms with Gasteiger partial charge in [-0.2, -0.15) is 0 Å². The van der Waals surface area contributed by atoms with Gasteiger partial charge in [-0.3, -0.25) is 0 Å². The van der Waals surface area contributed by atoms with E-state index in [1.807, 2.05) is 0 Å². The lowest BCUT2D eigenvalue weighted by Crippen LogP contribution is -2.33. The molecule has 1 aromatic rings. The van der Waals surface area contributed by atoms with E-state index in [9.17, 15) is 0 Å². The molecule has 2 nitrogen and oxygen atoms in total. The molecule has 1 N–H and O–H groups in total. The van der Waals surface area contributed by atoms with Crippen LogP contribution >= 0.6 is 0 Å². The largest absolute Gasteiger partial charge is 0.493 e. The number of hydrogen-bond acceptors (Lipinski definition) is 2. The molecule has 2 rings (SSSR count). The maximum Gasteiger partial charge on any atom is 0.122 e. The van der Waals surface area contributed by atoms with E-state index in [1.54, 1.807) is 0 Å². The Bertz CT molecular complexity index is 391. The second-order valence-electron chi connectivity index (χ2n) is 5.85. The van der Waals surface area contributed by atoms with Gasteiger partial charge in [-0.05, 0) is 56.2 Å². The first-order valence-corrected chi connectivity index (χ1v) is 8.29. The topological polar surface area (TPSA) is 21.3 Å². The fraction of sp³-hybridized carbons (Fsp3) is 0.667. The van der Waals surface area contributed by atoms with E-state index in [-0.39, 0.29) is 0 Å². The summed E-state index contributed by atoms with van der Waals surface area (Å²) in [6.07, 6.45) is 7.53. The molecule has 0 aliphatic heterocycles. The quantitative estimate of drug-likeness (QED) is 0.768. The van der Waals surface area contributed by atoms with Gasteiger partial charge in [0.05, 0.1) is 6.61 Å². The second-order valence-corrected chi connectivity index (χ2v) is 5.85. The van der Waals surface area contributed by atoms with Crippen LogP contribution in [0, 0.1) is 5.92 Å². The van der Waals surface area contributed by atoms with Crippen LogP contribution in [0.2, 0.25) is 0 Å². The molecule has 1 aromatic carbocycles. The Labute approximate surface area is 123 Å². The third kappa shape index (κ3) is 4.24. The first-order valence-electron chi connectivity index (χ1n) is 8.29. The van der Waals surface area contributed by atoms with Crippen molar-refractivity contribution in [3.8, 4) is 5.75 Å². The summed E-state index contributed by atoms with van der Waals surface area (Å²) in [7, 11) is 0. The molecule has 2 atom stereocenters. The van der Waals surface area contributed by atoms with E-state index < -0.39 is 0 Å². The van der Waals surface area contributed by atoms with Crippen LogP contribution in [0.25, 0.3) is 0 Å². The SMILES string of the molecule is CCCNC1CCCC1CCOc1ccccc1CC. The summed E-state index contributed by atoms with van der Waals surface area (Å²) in [5, 5.41) is 3.70. The van der Waals surface area contributed by atoms with Crippen molar-refractivity contribution in [2.24, 2.45) is 5.92 Å². The highest BCUT2D eigenvalue weighted by Gasteiger charge is 2.26. The van der Waals surface area contributed by atoms with E-state index in [2.05, 4.69) is 43.4 Å². The zero-order valence-electron chi connectivity index (χ0n) is 13.0. The zero-order valence-corrected chi connectivity index (χ0v) is 13.0. The van der Waals surface area contributed by atoms with Crippen LogP contribution in [0.4, 0.5) is 0 Å². The maximum absolute atomic E-state index is 6.01. The van der Waals surface area contributed by atoms with E-state index in [0.717, 1.165) is 37.3 Å². The molecule has 1 aliphatic carbocycles. The Morgan fingerprint density at radius 3 is 2.85 bits per heavy atom. The van der Waals surface area contributed by atoms with Crippen molar-refractivity contribution in [3.63, 3.8) is 0 Å². The molecular formula is C18H29NO. The van der Waals surface area contributed by atoms with Gasteiger partial charge in [-0.15, -0.1) is 0 Å². The highest BCUT2D eigenvalue weighted by Crippen LogP contribution is 2.29. The lowest BCUT2D eigenvalue weighted by atomic mass is 10.00. The first kappa shape index (κ1) is 15.4. The van der Waals surface area contributed by atoms with Crippen molar-refractivity contribution in [1.82, 2.24) is 5.32 Å². The minimum atomic E-state index is 0.722. The number of nitrogens with one attached hydrogen (secondary N) is 1. The zero-order chi connectivity index (χ0) is 14.2. The molecule has 0 amide bonds. The third-order valence-corrected chi connectivity index (χ3v) is 4.42. The van der Waals surface area contributed by atoms with Crippen LogP contribution in [-0.2, 0) is 6.42 Å². The molecule has 1 saturated carbocycles. The average Bonchev–Trinajstić information content (AvgIpc) is 2.93. The molecule has 2 heteroatoms. The molecule has 0 bridgehead atoms. The molecule has 0 spiro atoms. The van der Waals surface area contributed by atoms with Crippen molar-refractivity contribution < 1.29 is 4.74 Å². The summed E-state index contributed by atoms with van der Waals surface area (Å²) in [5.41, 5.74) is 1.32. The number of para-hydroxylation sites is 1. The number of ether oxygens (including phenoxy) is 1. The molecule has 1 fully saturated rings. The Hall–Kier alpha value is -1.02. The smallest absolute Gasteiger partial charge is 0.122 e. The van der Waals surface area contributed by atoms with Gasteiger partial charge in [0.1, 0.15) is 5.75 Å². The maximum atomic E-state index is 6.01. The van der Waals surface area contributed by atoms with Crippen molar-refractivity contribution in [2.45, 2.75) is 58.4 Å². The summed E-state index contributed by atoms with van der Waals surface area (Å²) in [4.78, 5) is 0. The van der Waals surface area contributed by atoms with Crippen LogP contribution in [-0.4, -0.2) is 19.2 Å². The van der Waals surface area contributed by atoms with Gasteiger partial charge in [-0.25, -0.2) is 0 Å². The van der Waals surface area contributed by atoms with Crippen LogP contribution in [0.15, 0.2) is 24.3 Å². The molecule has 20 heavy (non-hydrogen) atoms. The third-order valence-electron chi connectivity index (χ3n) is 4.42. The first-order chi connectivity index (χ1) is 9.85. The minimum Gasteiger partial charge on any atom is -0.493 e. The van der Waals surface area contributed by atoms with E-state index in [4.69, 9.17) is 4.74 Å². The Balaban J connectivity index is 1.77. The Kier molecular flexibility index (Phi) is 6.38. The van der Waals surface area contributed by atoms with Crippen LogP contribution in [0.3, 0.4) is 0 Å². The van der Waals surface area contributed by atoms with Gasteiger partial charge in [-0.1, -0.05) is 38.5 Å².